The third kappa shape index (κ3) is 3.91. The van der Waals surface area contributed by atoms with E-state index in [2.05, 4.69) is 9.98 Å². The molecule has 10 heteroatoms. The molecule has 148 valence electrons. The van der Waals surface area contributed by atoms with Gasteiger partial charge in [0.25, 0.3) is 0 Å². The molecule has 0 atom stereocenters. The molecule has 8 nitrogen and oxygen atoms in total. The number of aliphatic hydroxyl groups is 1. The highest BCUT2D eigenvalue weighted by Gasteiger charge is 2.28. The highest BCUT2D eigenvalue weighted by atomic mass is 35.5. The number of nitrogens with zero attached hydrogens (tertiary/aromatic N) is 1. The van der Waals surface area contributed by atoms with Crippen LogP contribution in [-0.4, -0.2) is 36.5 Å². The minimum absolute atomic E-state index is 0.00270. The van der Waals surface area contributed by atoms with Gasteiger partial charge in [0.15, 0.2) is 5.84 Å². The van der Waals surface area contributed by atoms with Gasteiger partial charge in [-0.05, 0) is 30.3 Å². The highest BCUT2D eigenvalue weighted by Crippen LogP contribution is 2.35. The van der Waals surface area contributed by atoms with Crippen LogP contribution in [0.1, 0.15) is 5.56 Å². The fourth-order valence-electron chi connectivity index (χ4n) is 2.72. The van der Waals surface area contributed by atoms with Crippen LogP contribution in [0.4, 0.5) is 0 Å². The SMILES string of the molecule is N=CN=C(N)C(=O)C=C(O)c1c(S(=O)(=O)c2ccccc2)[nH]c2ccc(Cl)cc12. The molecule has 0 bridgehead atoms. The number of carbonyl (C=O) groups is 1. The van der Waals surface area contributed by atoms with Crippen LogP contribution >= 0.6 is 11.6 Å². The summed E-state index contributed by atoms with van der Waals surface area (Å²) in [6.07, 6.45) is 1.32. The Kier molecular flexibility index (Phi) is 5.53. The van der Waals surface area contributed by atoms with E-state index in [1.165, 1.54) is 18.2 Å². The Bertz CT molecular complexity index is 1280. The first-order valence-corrected chi connectivity index (χ1v) is 10.0. The number of hydrogen-bond acceptors (Lipinski definition) is 5. The largest absolute Gasteiger partial charge is 0.507 e. The average molecular weight is 431 g/mol. The highest BCUT2D eigenvalue weighted by molar-refractivity contribution is 7.91. The quantitative estimate of drug-likeness (QED) is 0.205. The van der Waals surface area contributed by atoms with Crippen molar-refractivity contribution in [2.24, 2.45) is 10.7 Å². The number of aromatic amines is 1. The second-order valence-electron chi connectivity index (χ2n) is 5.87. The second-order valence-corrected chi connectivity index (χ2v) is 8.20. The number of benzene rings is 2. The van der Waals surface area contributed by atoms with Gasteiger partial charge in [-0.15, -0.1) is 0 Å². The lowest BCUT2D eigenvalue weighted by atomic mass is 10.1. The summed E-state index contributed by atoms with van der Waals surface area (Å²) in [5.41, 5.74) is 5.70. The maximum Gasteiger partial charge on any atom is 0.224 e. The summed E-state index contributed by atoms with van der Waals surface area (Å²) in [5, 5.41) is 17.8. The number of amidine groups is 1. The van der Waals surface area contributed by atoms with Crippen LogP contribution in [0.5, 0.6) is 0 Å². The van der Waals surface area contributed by atoms with Gasteiger partial charge in [-0.1, -0.05) is 29.8 Å². The first-order chi connectivity index (χ1) is 13.8. The Morgan fingerprint density at radius 2 is 1.90 bits per heavy atom. The number of rotatable bonds is 6. The van der Waals surface area contributed by atoms with E-state index in [1.54, 1.807) is 30.3 Å². The van der Waals surface area contributed by atoms with Crippen LogP contribution in [0.3, 0.4) is 0 Å². The molecule has 1 heterocycles. The van der Waals surface area contributed by atoms with E-state index in [0.29, 0.717) is 22.3 Å². The zero-order valence-electron chi connectivity index (χ0n) is 14.8. The molecule has 0 unspecified atom stereocenters. The average Bonchev–Trinajstić information content (AvgIpc) is 3.08. The van der Waals surface area contributed by atoms with E-state index in [-0.39, 0.29) is 15.5 Å². The number of halogens is 1. The minimum Gasteiger partial charge on any atom is -0.507 e. The fraction of sp³-hybridized carbons (Fsp3) is 0. The zero-order chi connectivity index (χ0) is 21.2. The van der Waals surface area contributed by atoms with Crippen molar-refractivity contribution in [1.29, 1.82) is 5.41 Å². The molecule has 0 saturated heterocycles. The van der Waals surface area contributed by atoms with Crippen molar-refractivity contribution in [3.8, 4) is 0 Å². The van der Waals surface area contributed by atoms with Gasteiger partial charge in [-0.25, -0.2) is 13.4 Å². The summed E-state index contributed by atoms with van der Waals surface area (Å²) >= 11 is 6.04. The van der Waals surface area contributed by atoms with Crippen LogP contribution < -0.4 is 5.73 Å². The van der Waals surface area contributed by atoms with E-state index in [0.717, 1.165) is 6.08 Å². The summed E-state index contributed by atoms with van der Waals surface area (Å²) in [5.74, 6) is -2.05. The van der Waals surface area contributed by atoms with Crippen molar-refractivity contribution in [3.05, 3.63) is 65.2 Å². The van der Waals surface area contributed by atoms with Gasteiger partial charge >= 0.3 is 0 Å². The number of carbonyl (C=O) groups excluding carboxylic acids is 1. The number of nitrogens with one attached hydrogen (secondary N) is 2. The second kappa shape index (κ2) is 7.90. The summed E-state index contributed by atoms with van der Waals surface area (Å²) < 4.78 is 26.3. The molecule has 0 aliphatic heterocycles. The van der Waals surface area contributed by atoms with Gasteiger partial charge in [0.05, 0.1) is 10.5 Å². The molecule has 0 fully saturated rings. The molecular formula is C19H15ClN4O4S. The topological polar surface area (TPSA) is 149 Å². The number of aromatic nitrogens is 1. The summed E-state index contributed by atoms with van der Waals surface area (Å²) in [7, 11) is -4.06. The molecule has 0 radical (unpaired) electrons. The Morgan fingerprint density at radius 3 is 2.55 bits per heavy atom. The number of aliphatic hydroxyl groups excluding tert-OH is 1. The fourth-order valence-corrected chi connectivity index (χ4v) is 4.37. The molecule has 1 aromatic heterocycles. The molecular weight excluding hydrogens is 416 g/mol. The maximum atomic E-state index is 13.2. The van der Waals surface area contributed by atoms with Crippen LogP contribution in [-0.2, 0) is 14.6 Å². The summed E-state index contributed by atoms with van der Waals surface area (Å²) in [6.45, 7) is 0. The van der Waals surface area contributed by atoms with E-state index < -0.39 is 27.2 Å². The molecule has 3 aromatic rings. The summed E-state index contributed by atoms with van der Waals surface area (Å²) in [6, 6.07) is 12.2. The Balaban J connectivity index is 2.29. The number of nitrogens with two attached hydrogens (primary N) is 1. The number of sulfone groups is 1. The molecule has 0 saturated carbocycles. The number of fused-ring (bicyclic) bond motifs is 1. The van der Waals surface area contributed by atoms with Gasteiger partial charge in [-0.2, -0.15) is 0 Å². The predicted molar refractivity (Wildman–Crippen MR) is 111 cm³/mol. The van der Waals surface area contributed by atoms with Crippen LogP contribution in [0.15, 0.2) is 69.5 Å². The molecule has 0 amide bonds. The molecule has 5 N–H and O–H groups in total. The van der Waals surface area contributed by atoms with Crippen molar-refractivity contribution in [1.82, 2.24) is 4.98 Å². The lowest BCUT2D eigenvalue weighted by Crippen LogP contribution is -2.22. The lowest BCUT2D eigenvalue weighted by molar-refractivity contribution is -0.109. The molecule has 0 aliphatic rings. The number of hydrogen-bond donors (Lipinski definition) is 4. The van der Waals surface area contributed by atoms with E-state index in [4.69, 9.17) is 22.7 Å². The number of ketones is 1. The molecule has 29 heavy (non-hydrogen) atoms. The van der Waals surface area contributed by atoms with E-state index in [1.807, 2.05) is 0 Å². The molecule has 3 rings (SSSR count). The standard InChI is InChI=1S/C19H15ClN4O4S/c20-11-6-7-14-13(8-11)17(15(25)9-16(26)18(22)23-10-21)19(24-14)29(27,28)12-4-2-1-3-5-12/h1-10,24-25H,(H3,21,22,23). The first-order valence-electron chi connectivity index (χ1n) is 8.14. The Hall–Kier alpha value is -3.43. The molecule has 2 aromatic carbocycles. The Labute approximate surface area is 170 Å². The molecule has 0 aliphatic carbocycles. The normalized spacial score (nSPS) is 12.9. The van der Waals surface area contributed by atoms with Crippen LogP contribution in [0.2, 0.25) is 5.02 Å². The van der Waals surface area contributed by atoms with Crippen molar-refractivity contribution < 1.29 is 18.3 Å². The third-order valence-electron chi connectivity index (χ3n) is 4.03. The van der Waals surface area contributed by atoms with E-state index in [9.17, 15) is 18.3 Å². The summed E-state index contributed by atoms with van der Waals surface area (Å²) in [4.78, 5) is 18.2. The van der Waals surface area contributed by atoms with Crippen LogP contribution in [0.25, 0.3) is 16.7 Å². The van der Waals surface area contributed by atoms with Crippen molar-refractivity contribution in [2.45, 2.75) is 9.92 Å². The number of aliphatic imine (C=N–C) groups is 1. The zero-order valence-corrected chi connectivity index (χ0v) is 16.3. The van der Waals surface area contributed by atoms with Crippen molar-refractivity contribution in [3.63, 3.8) is 0 Å². The van der Waals surface area contributed by atoms with Crippen LogP contribution in [0, 0.1) is 5.41 Å². The van der Waals surface area contributed by atoms with Crippen molar-refractivity contribution in [2.75, 3.05) is 0 Å². The van der Waals surface area contributed by atoms with Gasteiger partial charge in [0, 0.05) is 22.0 Å². The number of H-pyrrole nitrogens is 1. The first kappa shape index (κ1) is 20.3. The van der Waals surface area contributed by atoms with Gasteiger partial charge in [-0.3, -0.25) is 10.2 Å². The van der Waals surface area contributed by atoms with E-state index >= 15 is 0 Å². The van der Waals surface area contributed by atoms with Gasteiger partial charge < -0.3 is 15.8 Å². The van der Waals surface area contributed by atoms with Gasteiger partial charge in [0.1, 0.15) is 17.1 Å². The van der Waals surface area contributed by atoms with Crippen molar-refractivity contribution >= 4 is 56.1 Å². The monoisotopic (exact) mass is 430 g/mol. The molecule has 0 spiro atoms. The van der Waals surface area contributed by atoms with Gasteiger partial charge in [0.2, 0.25) is 15.6 Å². The smallest absolute Gasteiger partial charge is 0.224 e. The maximum absolute atomic E-state index is 13.2. The Morgan fingerprint density at radius 1 is 1.21 bits per heavy atom. The predicted octanol–water partition coefficient (Wildman–Crippen LogP) is 3.09. The minimum atomic E-state index is -4.06. The lowest BCUT2D eigenvalue weighted by Gasteiger charge is -2.06. The third-order valence-corrected chi connectivity index (χ3v) is 6.00.